The molecule has 1 heterocycles. The Morgan fingerprint density at radius 3 is 2.22 bits per heavy atom. The first kappa shape index (κ1) is 18.8. The SMILES string of the molecule is CCOC(=O)c1c(-c2ccccc2)nc(N(C)C)n(-c2ccccc2)c1=S. The average Bonchev–Trinajstić information content (AvgIpc) is 2.68. The number of esters is 1. The van der Waals surface area contributed by atoms with Crippen molar-refractivity contribution in [1.29, 1.82) is 0 Å². The summed E-state index contributed by atoms with van der Waals surface area (Å²) in [5.41, 5.74) is 2.47. The molecule has 27 heavy (non-hydrogen) atoms. The molecule has 6 heteroatoms. The van der Waals surface area contributed by atoms with Crippen LogP contribution in [0.25, 0.3) is 16.9 Å². The van der Waals surface area contributed by atoms with Gasteiger partial charge in [0.2, 0.25) is 5.95 Å². The lowest BCUT2D eigenvalue weighted by molar-refractivity contribution is 0.0525. The second-order valence-corrected chi connectivity index (χ2v) is 6.48. The highest BCUT2D eigenvalue weighted by atomic mass is 32.1. The summed E-state index contributed by atoms with van der Waals surface area (Å²) in [6, 6.07) is 19.2. The quantitative estimate of drug-likeness (QED) is 0.482. The van der Waals surface area contributed by atoms with E-state index < -0.39 is 5.97 Å². The molecule has 0 aliphatic rings. The van der Waals surface area contributed by atoms with Crippen molar-refractivity contribution in [3.63, 3.8) is 0 Å². The van der Waals surface area contributed by atoms with E-state index >= 15 is 0 Å². The molecule has 0 aliphatic carbocycles. The predicted octanol–water partition coefficient (Wildman–Crippen LogP) is 4.51. The molecule has 0 spiro atoms. The van der Waals surface area contributed by atoms with Crippen LogP contribution in [0.15, 0.2) is 60.7 Å². The summed E-state index contributed by atoms with van der Waals surface area (Å²) in [4.78, 5) is 19.5. The van der Waals surface area contributed by atoms with Crippen LogP contribution in [-0.4, -0.2) is 36.2 Å². The fraction of sp³-hybridized carbons (Fsp3) is 0.190. The zero-order chi connectivity index (χ0) is 19.4. The number of nitrogens with zero attached hydrogens (tertiary/aromatic N) is 3. The van der Waals surface area contributed by atoms with Crippen LogP contribution in [0, 0.1) is 4.64 Å². The number of anilines is 1. The van der Waals surface area contributed by atoms with Crippen molar-refractivity contribution in [2.45, 2.75) is 6.92 Å². The Kier molecular flexibility index (Phi) is 5.66. The first-order valence-electron chi connectivity index (χ1n) is 8.67. The Morgan fingerprint density at radius 2 is 1.67 bits per heavy atom. The van der Waals surface area contributed by atoms with E-state index in [2.05, 4.69) is 0 Å². The Labute approximate surface area is 163 Å². The number of hydrogen-bond acceptors (Lipinski definition) is 5. The lowest BCUT2D eigenvalue weighted by Gasteiger charge is -2.22. The number of rotatable bonds is 5. The zero-order valence-corrected chi connectivity index (χ0v) is 16.4. The molecule has 0 atom stereocenters. The van der Waals surface area contributed by atoms with Gasteiger partial charge in [-0.3, -0.25) is 4.57 Å². The minimum Gasteiger partial charge on any atom is -0.462 e. The standard InChI is InChI=1S/C21H21N3O2S/c1-4-26-20(25)17-18(15-11-7-5-8-12-15)22-21(23(2)3)24(19(17)27)16-13-9-6-10-14-16/h5-14H,4H2,1-3H3. The van der Waals surface area contributed by atoms with Gasteiger partial charge in [-0.05, 0) is 19.1 Å². The van der Waals surface area contributed by atoms with E-state index in [0.29, 0.717) is 21.8 Å². The Morgan fingerprint density at radius 1 is 1.07 bits per heavy atom. The molecule has 3 rings (SSSR count). The maximum Gasteiger partial charge on any atom is 0.343 e. The van der Waals surface area contributed by atoms with E-state index in [1.54, 1.807) is 11.5 Å². The fourth-order valence-corrected chi connectivity index (χ4v) is 3.18. The third-order valence-corrected chi connectivity index (χ3v) is 4.39. The molecule has 3 aromatic rings. The predicted molar refractivity (Wildman–Crippen MR) is 110 cm³/mol. The van der Waals surface area contributed by atoms with Gasteiger partial charge in [0.05, 0.1) is 12.3 Å². The van der Waals surface area contributed by atoms with Crippen molar-refractivity contribution >= 4 is 24.1 Å². The van der Waals surface area contributed by atoms with Crippen molar-refractivity contribution in [1.82, 2.24) is 9.55 Å². The molecule has 0 saturated carbocycles. The Hall–Kier alpha value is -2.99. The molecule has 5 nitrogen and oxygen atoms in total. The number of para-hydroxylation sites is 1. The maximum atomic E-state index is 12.8. The molecule has 0 unspecified atom stereocenters. The summed E-state index contributed by atoms with van der Waals surface area (Å²) in [5, 5.41) is 0. The summed E-state index contributed by atoms with van der Waals surface area (Å²) < 4.78 is 7.46. The van der Waals surface area contributed by atoms with Crippen LogP contribution in [-0.2, 0) is 4.74 Å². The summed E-state index contributed by atoms with van der Waals surface area (Å²) in [6.07, 6.45) is 0. The fourth-order valence-electron chi connectivity index (χ4n) is 2.81. The maximum absolute atomic E-state index is 12.8. The lowest BCUT2D eigenvalue weighted by atomic mass is 10.1. The Balaban J connectivity index is 2.39. The highest BCUT2D eigenvalue weighted by Gasteiger charge is 2.23. The van der Waals surface area contributed by atoms with Gasteiger partial charge in [-0.15, -0.1) is 0 Å². The highest BCUT2D eigenvalue weighted by molar-refractivity contribution is 7.71. The summed E-state index contributed by atoms with van der Waals surface area (Å²) >= 11 is 5.75. The average molecular weight is 379 g/mol. The van der Waals surface area contributed by atoms with Crippen molar-refractivity contribution in [3.8, 4) is 16.9 Å². The van der Waals surface area contributed by atoms with Crippen molar-refractivity contribution in [2.24, 2.45) is 0 Å². The van der Waals surface area contributed by atoms with Gasteiger partial charge in [-0.2, -0.15) is 0 Å². The topological polar surface area (TPSA) is 47.4 Å². The number of carbonyl (C=O) groups excluding carboxylic acids is 1. The largest absolute Gasteiger partial charge is 0.462 e. The first-order chi connectivity index (χ1) is 13.0. The molecule has 0 aliphatic heterocycles. The van der Waals surface area contributed by atoms with E-state index in [-0.39, 0.29) is 6.61 Å². The van der Waals surface area contributed by atoms with E-state index in [1.165, 1.54) is 0 Å². The van der Waals surface area contributed by atoms with Gasteiger partial charge in [0.1, 0.15) is 10.2 Å². The first-order valence-corrected chi connectivity index (χ1v) is 9.07. The molecule has 1 aromatic heterocycles. The van der Waals surface area contributed by atoms with Crippen LogP contribution in [0.3, 0.4) is 0 Å². The molecule has 0 fully saturated rings. The Bertz CT molecular complexity index is 999. The van der Waals surface area contributed by atoms with Gasteiger partial charge in [-0.25, -0.2) is 9.78 Å². The molecule has 0 amide bonds. The second kappa shape index (κ2) is 8.14. The molecule has 0 saturated heterocycles. The van der Waals surface area contributed by atoms with Gasteiger partial charge < -0.3 is 9.64 Å². The molecular formula is C21H21N3O2S. The molecule has 0 bridgehead atoms. The van der Waals surface area contributed by atoms with Gasteiger partial charge in [0, 0.05) is 25.3 Å². The minimum absolute atomic E-state index is 0.266. The third kappa shape index (κ3) is 3.75. The van der Waals surface area contributed by atoms with Crippen LogP contribution in [0.2, 0.25) is 0 Å². The van der Waals surface area contributed by atoms with Crippen LogP contribution in [0.1, 0.15) is 17.3 Å². The highest BCUT2D eigenvalue weighted by Crippen LogP contribution is 2.29. The van der Waals surface area contributed by atoms with Gasteiger partial charge in [-0.1, -0.05) is 60.7 Å². The monoisotopic (exact) mass is 379 g/mol. The molecular weight excluding hydrogens is 358 g/mol. The van der Waals surface area contributed by atoms with Gasteiger partial charge in [0.25, 0.3) is 0 Å². The molecule has 138 valence electrons. The van der Waals surface area contributed by atoms with Crippen molar-refractivity contribution in [2.75, 3.05) is 25.6 Å². The third-order valence-electron chi connectivity index (χ3n) is 4.01. The van der Waals surface area contributed by atoms with E-state index in [0.717, 1.165) is 11.3 Å². The molecule has 0 N–H and O–H groups in total. The summed E-state index contributed by atoms with van der Waals surface area (Å²) in [7, 11) is 3.80. The van der Waals surface area contributed by atoms with E-state index in [9.17, 15) is 4.79 Å². The van der Waals surface area contributed by atoms with E-state index in [4.69, 9.17) is 21.9 Å². The lowest BCUT2D eigenvalue weighted by Crippen LogP contribution is -2.22. The van der Waals surface area contributed by atoms with Crippen LogP contribution < -0.4 is 4.90 Å². The minimum atomic E-state index is -0.469. The van der Waals surface area contributed by atoms with Crippen molar-refractivity contribution < 1.29 is 9.53 Å². The smallest absolute Gasteiger partial charge is 0.343 e. The zero-order valence-electron chi connectivity index (χ0n) is 15.5. The van der Waals surface area contributed by atoms with Gasteiger partial charge in [0.15, 0.2) is 0 Å². The summed E-state index contributed by atoms with van der Waals surface area (Å²) in [6.45, 7) is 2.04. The number of carbonyl (C=O) groups is 1. The van der Waals surface area contributed by atoms with Crippen LogP contribution >= 0.6 is 12.2 Å². The normalized spacial score (nSPS) is 10.5. The van der Waals surface area contributed by atoms with Crippen LogP contribution in [0.4, 0.5) is 5.95 Å². The van der Waals surface area contributed by atoms with Gasteiger partial charge >= 0.3 is 5.97 Å². The van der Waals surface area contributed by atoms with E-state index in [1.807, 2.05) is 79.7 Å². The second-order valence-electron chi connectivity index (χ2n) is 6.09. The number of benzene rings is 2. The van der Waals surface area contributed by atoms with Crippen LogP contribution in [0.5, 0.6) is 0 Å². The number of ether oxygens (including phenoxy) is 1. The summed E-state index contributed by atoms with van der Waals surface area (Å²) in [5.74, 6) is 0.168. The number of hydrogen-bond donors (Lipinski definition) is 0. The molecule has 2 aromatic carbocycles. The van der Waals surface area contributed by atoms with Crippen molar-refractivity contribution in [3.05, 3.63) is 70.9 Å². The molecule has 0 radical (unpaired) electrons. The number of aromatic nitrogens is 2.